The molecule has 3 rings (SSSR count). The Hall–Kier alpha value is -3.17. The van der Waals surface area contributed by atoms with Gasteiger partial charge in [0.05, 0.1) is 33.5 Å². The quantitative estimate of drug-likeness (QED) is 0.509. The summed E-state index contributed by atoms with van der Waals surface area (Å²) in [5.74, 6) is -1.98. The highest BCUT2D eigenvalue weighted by Gasteiger charge is 2.20. The lowest BCUT2D eigenvalue weighted by Crippen LogP contribution is -2.17. The van der Waals surface area contributed by atoms with Gasteiger partial charge in [-0.25, -0.2) is 17.2 Å². The van der Waals surface area contributed by atoms with Crippen LogP contribution in [0, 0.1) is 11.6 Å². The van der Waals surface area contributed by atoms with Crippen LogP contribution in [0.15, 0.2) is 65.6 Å². The van der Waals surface area contributed by atoms with Crippen LogP contribution in [0.25, 0.3) is 0 Å². The van der Waals surface area contributed by atoms with Crippen molar-refractivity contribution >= 4 is 38.9 Å². The fourth-order valence-electron chi connectivity index (χ4n) is 2.66. The van der Waals surface area contributed by atoms with E-state index >= 15 is 0 Å². The SMILES string of the molecule is CCOc1ccc(S(=O)(=O)Nc2ccc(F)c(Cl)c2)cc1NC(=O)c1ccccc1F. The van der Waals surface area contributed by atoms with Crippen molar-refractivity contribution in [3.8, 4) is 5.75 Å². The van der Waals surface area contributed by atoms with Gasteiger partial charge in [-0.15, -0.1) is 0 Å². The fourth-order valence-corrected chi connectivity index (χ4v) is 3.92. The number of carbonyl (C=O) groups excluding carboxylic acids is 1. The van der Waals surface area contributed by atoms with E-state index in [2.05, 4.69) is 10.0 Å². The number of ether oxygens (including phenoxy) is 1. The minimum Gasteiger partial charge on any atom is -0.492 e. The first-order chi connectivity index (χ1) is 14.7. The summed E-state index contributed by atoms with van der Waals surface area (Å²) in [5, 5.41) is 2.23. The molecule has 0 heterocycles. The van der Waals surface area contributed by atoms with E-state index in [-0.39, 0.29) is 39.2 Å². The zero-order valence-electron chi connectivity index (χ0n) is 16.2. The number of hydrogen-bond donors (Lipinski definition) is 2. The molecule has 2 N–H and O–H groups in total. The Morgan fingerprint density at radius 2 is 1.77 bits per heavy atom. The van der Waals surface area contributed by atoms with E-state index in [4.69, 9.17) is 16.3 Å². The van der Waals surface area contributed by atoms with E-state index in [1.165, 1.54) is 42.5 Å². The summed E-state index contributed by atoms with van der Waals surface area (Å²) in [5.41, 5.74) is -0.121. The molecular weight excluding hydrogens is 450 g/mol. The number of nitrogens with one attached hydrogen (secondary N) is 2. The summed E-state index contributed by atoms with van der Waals surface area (Å²) in [4.78, 5) is 12.3. The Balaban J connectivity index is 1.94. The molecule has 0 aliphatic carbocycles. The minimum atomic E-state index is -4.12. The minimum absolute atomic E-state index is 0.0371. The lowest BCUT2D eigenvalue weighted by molar-refractivity contribution is 0.102. The Bertz CT molecular complexity index is 1240. The zero-order valence-corrected chi connectivity index (χ0v) is 17.7. The summed E-state index contributed by atoms with van der Waals surface area (Å²) in [6.07, 6.45) is 0. The highest BCUT2D eigenvalue weighted by atomic mass is 35.5. The molecule has 0 fully saturated rings. The largest absolute Gasteiger partial charge is 0.492 e. The number of rotatable bonds is 7. The molecule has 3 aromatic rings. The van der Waals surface area contributed by atoms with Gasteiger partial charge in [0.2, 0.25) is 0 Å². The standard InChI is InChI=1S/C21H17ClF2N2O4S/c1-2-30-20-10-8-14(31(28,29)26-13-7-9-18(24)16(22)11-13)12-19(20)25-21(27)15-5-3-4-6-17(15)23/h3-12,26H,2H2,1H3,(H,25,27). The van der Waals surface area contributed by atoms with E-state index in [1.54, 1.807) is 6.92 Å². The number of benzene rings is 3. The maximum atomic E-state index is 13.9. The van der Waals surface area contributed by atoms with Gasteiger partial charge < -0.3 is 10.1 Å². The smallest absolute Gasteiger partial charge is 0.261 e. The normalized spacial score (nSPS) is 11.1. The van der Waals surface area contributed by atoms with Gasteiger partial charge >= 0.3 is 0 Å². The third-order valence-corrected chi connectivity index (χ3v) is 5.77. The van der Waals surface area contributed by atoms with Crippen LogP contribution in [0.5, 0.6) is 5.75 Å². The lowest BCUT2D eigenvalue weighted by Gasteiger charge is -2.15. The molecule has 6 nitrogen and oxygen atoms in total. The van der Waals surface area contributed by atoms with Crippen molar-refractivity contribution in [2.75, 3.05) is 16.6 Å². The van der Waals surface area contributed by atoms with Crippen molar-refractivity contribution in [1.29, 1.82) is 0 Å². The van der Waals surface area contributed by atoms with Gasteiger partial charge in [0.1, 0.15) is 17.4 Å². The third kappa shape index (κ3) is 5.31. The second-order valence-electron chi connectivity index (χ2n) is 6.26. The zero-order chi connectivity index (χ0) is 22.6. The van der Waals surface area contributed by atoms with Gasteiger partial charge in [0.25, 0.3) is 15.9 Å². The molecule has 0 aliphatic heterocycles. The number of amides is 1. The van der Waals surface area contributed by atoms with Crippen LogP contribution in [0.3, 0.4) is 0 Å². The molecule has 0 unspecified atom stereocenters. The van der Waals surface area contributed by atoms with Crippen molar-refractivity contribution in [2.24, 2.45) is 0 Å². The van der Waals surface area contributed by atoms with Crippen LogP contribution in [0.1, 0.15) is 17.3 Å². The monoisotopic (exact) mass is 466 g/mol. The van der Waals surface area contributed by atoms with Crippen molar-refractivity contribution in [2.45, 2.75) is 11.8 Å². The first kappa shape index (κ1) is 22.5. The summed E-state index contributed by atoms with van der Waals surface area (Å²) >= 11 is 5.69. The van der Waals surface area contributed by atoms with Gasteiger partial charge in [0.15, 0.2) is 0 Å². The van der Waals surface area contributed by atoms with E-state index < -0.39 is 27.6 Å². The van der Waals surface area contributed by atoms with Crippen LogP contribution >= 0.6 is 11.6 Å². The molecule has 0 spiro atoms. The number of carbonyl (C=O) groups is 1. The Kier molecular flexibility index (Phi) is 6.77. The van der Waals surface area contributed by atoms with Crippen molar-refractivity contribution < 1.29 is 26.7 Å². The average molecular weight is 467 g/mol. The maximum absolute atomic E-state index is 13.9. The van der Waals surface area contributed by atoms with Gasteiger partial charge in [-0.05, 0) is 55.5 Å². The van der Waals surface area contributed by atoms with E-state index in [9.17, 15) is 22.0 Å². The molecule has 0 atom stereocenters. The third-order valence-electron chi connectivity index (χ3n) is 4.10. The molecule has 0 saturated carbocycles. The summed E-state index contributed by atoms with van der Waals surface area (Å²) in [6.45, 7) is 1.97. The van der Waals surface area contributed by atoms with Crippen LogP contribution in [-0.2, 0) is 10.0 Å². The number of hydrogen-bond acceptors (Lipinski definition) is 4. The highest BCUT2D eigenvalue weighted by Crippen LogP contribution is 2.30. The molecule has 0 saturated heterocycles. The molecule has 10 heteroatoms. The number of sulfonamides is 1. The highest BCUT2D eigenvalue weighted by molar-refractivity contribution is 7.92. The second kappa shape index (κ2) is 9.32. The van der Waals surface area contributed by atoms with Gasteiger partial charge in [-0.2, -0.15) is 0 Å². The molecular formula is C21H17ClF2N2O4S. The van der Waals surface area contributed by atoms with E-state index in [0.29, 0.717) is 0 Å². The molecule has 31 heavy (non-hydrogen) atoms. The topological polar surface area (TPSA) is 84.5 Å². The van der Waals surface area contributed by atoms with Crippen molar-refractivity contribution in [1.82, 2.24) is 0 Å². The van der Waals surface area contributed by atoms with Crippen LogP contribution in [-0.4, -0.2) is 20.9 Å². The Labute approximate surface area is 182 Å². The first-order valence-corrected chi connectivity index (χ1v) is 10.9. The fraction of sp³-hybridized carbons (Fsp3) is 0.0952. The molecule has 0 bridgehead atoms. The first-order valence-electron chi connectivity index (χ1n) is 9.02. The number of halogens is 3. The summed E-state index contributed by atoms with van der Waals surface area (Å²) < 4.78 is 60.5. The average Bonchev–Trinajstić information content (AvgIpc) is 2.72. The molecule has 0 aliphatic rings. The molecule has 3 aromatic carbocycles. The van der Waals surface area contributed by atoms with Gasteiger partial charge in [-0.1, -0.05) is 23.7 Å². The van der Waals surface area contributed by atoms with Crippen molar-refractivity contribution in [3.05, 3.63) is 82.9 Å². The predicted octanol–water partition coefficient (Wildman–Crippen LogP) is 5.07. The van der Waals surface area contributed by atoms with Gasteiger partial charge in [-0.3, -0.25) is 9.52 Å². The predicted molar refractivity (Wildman–Crippen MR) is 114 cm³/mol. The van der Waals surface area contributed by atoms with E-state index in [1.807, 2.05) is 0 Å². The molecule has 162 valence electrons. The van der Waals surface area contributed by atoms with Crippen LogP contribution in [0.2, 0.25) is 5.02 Å². The molecule has 1 amide bonds. The Morgan fingerprint density at radius 3 is 2.45 bits per heavy atom. The van der Waals surface area contributed by atoms with Gasteiger partial charge in [0, 0.05) is 0 Å². The lowest BCUT2D eigenvalue weighted by atomic mass is 10.2. The van der Waals surface area contributed by atoms with E-state index in [0.717, 1.165) is 18.2 Å². The maximum Gasteiger partial charge on any atom is 0.261 e. The summed E-state index contributed by atoms with van der Waals surface area (Å²) in [7, 11) is -4.12. The summed E-state index contributed by atoms with van der Waals surface area (Å²) in [6, 6.07) is 12.6. The molecule has 0 radical (unpaired) electrons. The Morgan fingerprint density at radius 1 is 1.03 bits per heavy atom. The van der Waals surface area contributed by atoms with Crippen LogP contribution in [0.4, 0.5) is 20.2 Å². The second-order valence-corrected chi connectivity index (χ2v) is 8.35. The van der Waals surface area contributed by atoms with Crippen LogP contribution < -0.4 is 14.8 Å². The number of anilines is 2. The molecule has 0 aromatic heterocycles. The van der Waals surface area contributed by atoms with Crippen molar-refractivity contribution in [3.63, 3.8) is 0 Å².